The summed E-state index contributed by atoms with van der Waals surface area (Å²) in [5.41, 5.74) is 2.25. The van der Waals surface area contributed by atoms with Crippen LogP contribution in [0.15, 0.2) is 12.2 Å². The maximum atomic E-state index is 4.35. The lowest BCUT2D eigenvalue weighted by atomic mass is 9.80. The van der Waals surface area contributed by atoms with Crippen LogP contribution in [0.25, 0.3) is 0 Å². The first-order valence-electron chi connectivity index (χ1n) is 6.71. The molecule has 0 N–H and O–H groups in total. The molecule has 0 saturated heterocycles. The Bertz CT molecular complexity index is 299. The van der Waals surface area contributed by atoms with E-state index in [0.717, 1.165) is 29.6 Å². The predicted octanol–water partition coefficient (Wildman–Crippen LogP) is 4.27. The topological polar surface area (TPSA) is 0 Å². The van der Waals surface area contributed by atoms with Crippen molar-refractivity contribution in [3.63, 3.8) is 0 Å². The zero-order chi connectivity index (χ0) is 10.8. The van der Waals surface area contributed by atoms with E-state index in [2.05, 4.69) is 27.4 Å². The Labute approximate surface area is 94.1 Å². The molecule has 0 aromatic heterocycles. The highest BCUT2D eigenvalue weighted by molar-refractivity contribution is 5.20. The Hall–Kier alpha value is -0.260. The van der Waals surface area contributed by atoms with Gasteiger partial charge in [0.05, 0.1) is 0 Å². The van der Waals surface area contributed by atoms with Crippen LogP contribution in [0.2, 0.25) is 0 Å². The van der Waals surface area contributed by atoms with Crippen molar-refractivity contribution >= 4 is 0 Å². The maximum absolute atomic E-state index is 4.35. The van der Waals surface area contributed by atoms with E-state index >= 15 is 0 Å². The molecule has 84 valence electrons. The van der Waals surface area contributed by atoms with Gasteiger partial charge in [-0.25, -0.2) is 0 Å². The highest BCUT2D eigenvalue weighted by atomic mass is 14.7. The van der Waals surface area contributed by atoms with Crippen LogP contribution in [0, 0.1) is 35.0 Å². The molecule has 0 bridgehead atoms. The molecule has 0 aromatic rings. The number of fused-ring (bicyclic) bond motifs is 3. The van der Waals surface area contributed by atoms with Gasteiger partial charge in [0.1, 0.15) is 0 Å². The normalized spacial score (nSPS) is 51.9. The molecule has 0 aromatic carbocycles. The summed E-state index contributed by atoms with van der Waals surface area (Å²) in [7, 11) is 0. The highest BCUT2D eigenvalue weighted by Gasteiger charge is 2.64. The third-order valence-electron chi connectivity index (χ3n) is 5.91. The van der Waals surface area contributed by atoms with Crippen molar-refractivity contribution in [1.82, 2.24) is 0 Å². The summed E-state index contributed by atoms with van der Waals surface area (Å²) in [5, 5.41) is 0. The van der Waals surface area contributed by atoms with Gasteiger partial charge in [-0.1, -0.05) is 32.9 Å². The summed E-state index contributed by atoms with van der Waals surface area (Å²) >= 11 is 0. The van der Waals surface area contributed by atoms with Crippen LogP contribution >= 0.6 is 0 Å². The van der Waals surface area contributed by atoms with Crippen LogP contribution < -0.4 is 0 Å². The van der Waals surface area contributed by atoms with Crippen LogP contribution in [0.4, 0.5) is 0 Å². The molecule has 15 heavy (non-hydrogen) atoms. The third kappa shape index (κ3) is 1.20. The number of hydrogen-bond acceptors (Lipinski definition) is 0. The smallest absolute Gasteiger partial charge is 0.0172 e. The number of allylic oxidation sites excluding steroid dienone is 1. The van der Waals surface area contributed by atoms with Crippen molar-refractivity contribution in [3.8, 4) is 0 Å². The van der Waals surface area contributed by atoms with Gasteiger partial charge in [-0.15, -0.1) is 0 Å². The Kier molecular flexibility index (Phi) is 1.92. The molecule has 0 radical (unpaired) electrons. The van der Waals surface area contributed by atoms with Crippen molar-refractivity contribution in [2.45, 2.75) is 46.5 Å². The van der Waals surface area contributed by atoms with Crippen molar-refractivity contribution in [2.75, 3.05) is 0 Å². The fraction of sp³-hybridized carbons (Fsp3) is 0.867. The lowest BCUT2D eigenvalue weighted by Gasteiger charge is -2.25. The quantitative estimate of drug-likeness (QED) is 0.517. The van der Waals surface area contributed by atoms with E-state index in [1.165, 1.54) is 25.7 Å². The van der Waals surface area contributed by atoms with Crippen LogP contribution in [0.3, 0.4) is 0 Å². The monoisotopic (exact) mass is 204 g/mol. The standard InChI is InChI=1S/C15H24/c1-9-6-8-12-14(15(12,3)4)13-10(2)5-7-11(9)13/h10-14H,1,5-8H2,2-4H3/t10?,11-,12-,13+,14-/m0/s1. The minimum atomic E-state index is 0.655. The predicted molar refractivity (Wildman–Crippen MR) is 64.5 cm³/mol. The molecule has 0 heteroatoms. The molecular formula is C15H24. The van der Waals surface area contributed by atoms with Crippen LogP contribution in [-0.4, -0.2) is 0 Å². The third-order valence-corrected chi connectivity index (χ3v) is 5.91. The first-order chi connectivity index (χ1) is 7.03. The average molecular weight is 204 g/mol. The van der Waals surface area contributed by atoms with Gasteiger partial charge in [0.2, 0.25) is 0 Å². The van der Waals surface area contributed by atoms with E-state index in [1.807, 2.05) is 0 Å². The molecule has 0 amide bonds. The lowest BCUT2D eigenvalue weighted by Crippen LogP contribution is -2.18. The second-order valence-corrected chi connectivity index (χ2v) is 6.89. The number of hydrogen-bond donors (Lipinski definition) is 0. The summed E-state index contributed by atoms with van der Waals surface area (Å²) in [5.74, 6) is 4.87. The van der Waals surface area contributed by atoms with Crippen LogP contribution in [-0.2, 0) is 0 Å². The van der Waals surface area contributed by atoms with E-state index in [0.29, 0.717) is 5.41 Å². The second-order valence-electron chi connectivity index (χ2n) is 6.89. The molecule has 0 spiro atoms. The Balaban J connectivity index is 1.93. The molecule has 3 saturated carbocycles. The van der Waals surface area contributed by atoms with Crippen molar-refractivity contribution in [2.24, 2.45) is 35.0 Å². The molecule has 3 rings (SSSR count). The fourth-order valence-electron chi connectivity index (χ4n) is 4.93. The SMILES string of the molecule is C=C1CC[C@H]2[C@@H]([C@@H]3C(C)CC[C@@H]13)C2(C)C. The average Bonchev–Trinajstić information content (AvgIpc) is 2.55. The molecule has 0 heterocycles. The fourth-order valence-corrected chi connectivity index (χ4v) is 4.93. The molecule has 3 aliphatic rings. The summed E-state index contributed by atoms with van der Waals surface area (Å²) in [6, 6.07) is 0. The maximum Gasteiger partial charge on any atom is -0.0172 e. The molecule has 0 nitrogen and oxygen atoms in total. The second kappa shape index (κ2) is 2.90. The zero-order valence-electron chi connectivity index (χ0n) is 10.4. The van der Waals surface area contributed by atoms with Gasteiger partial charge in [0.25, 0.3) is 0 Å². The largest absolute Gasteiger partial charge is 0.0996 e. The Morgan fingerprint density at radius 1 is 1.20 bits per heavy atom. The first kappa shape index (κ1) is 9.93. The Morgan fingerprint density at radius 2 is 1.93 bits per heavy atom. The molecule has 3 aliphatic carbocycles. The highest BCUT2D eigenvalue weighted by Crippen LogP contribution is 2.70. The number of rotatable bonds is 0. The van der Waals surface area contributed by atoms with E-state index in [-0.39, 0.29) is 0 Å². The summed E-state index contributed by atoms with van der Waals surface area (Å²) < 4.78 is 0. The lowest BCUT2D eigenvalue weighted by molar-refractivity contribution is 0.280. The first-order valence-corrected chi connectivity index (χ1v) is 6.71. The minimum absolute atomic E-state index is 0.655. The van der Waals surface area contributed by atoms with Gasteiger partial charge in [0, 0.05) is 0 Å². The van der Waals surface area contributed by atoms with Crippen molar-refractivity contribution < 1.29 is 0 Å². The van der Waals surface area contributed by atoms with Gasteiger partial charge in [-0.2, -0.15) is 0 Å². The van der Waals surface area contributed by atoms with Gasteiger partial charge >= 0.3 is 0 Å². The van der Waals surface area contributed by atoms with Crippen LogP contribution in [0.5, 0.6) is 0 Å². The van der Waals surface area contributed by atoms with E-state index in [9.17, 15) is 0 Å². The van der Waals surface area contributed by atoms with Gasteiger partial charge < -0.3 is 0 Å². The van der Waals surface area contributed by atoms with E-state index < -0.39 is 0 Å². The van der Waals surface area contributed by atoms with Gasteiger partial charge in [0.15, 0.2) is 0 Å². The Morgan fingerprint density at radius 3 is 2.67 bits per heavy atom. The summed E-state index contributed by atoms with van der Waals surface area (Å²) in [6.45, 7) is 11.8. The van der Waals surface area contributed by atoms with Crippen molar-refractivity contribution in [3.05, 3.63) is 12.2 Å². The van der Waals surface area contributed by atoms with E-state index in [1.54, 1.807) is 5.57 Å². The molecule has 3 fully saturated rings. The molecule has 5 atom stereocenters. The molecule has 0 aliphatic heterocycles. The van der Waals surface area contributed by atoms with Gasteiger partial charge in [-0.05, 0) is 60.7 Å². The molecular weight excluding hydrogens is 180 g/mol. The van der Waals surface area contributed by atoms with Gasteiger partial charge in [-0.3, -0.25) is 0 Å². The zero-order valence-corrected chi connectivity index (χ0v) is 10.4. The molecule has 1 unspecified atom stereocenters. The van der Waals surface area contributed by atoms with E-state index in [4.69, 9.17) is 0 Å². The summed E-state index contributed by atoms with van der Waals surface area (Å²) in [6.07, 6.45) is 5.63. The summed E-state index contributed by atoms with van der Waals surface area (Å²) in [4.78, 5) is 0. The minimum Gasteiger partial charge on any atom is -0.0996 e. The van der Waals surface area contributed by atoms with Crippen molar-refractivity contribution in [1.29, 1.82) is 0 Å². The van der Waals surface area contributed by atoms with Crippen LogP contribution in [0.1, 0.15) is 46.5 Å².